The van der Waals surface area contributed by atoms with Gasteiger partial charge in [0.15, 0.2) is 5.82 Å². The van der Waals surface area contributed by atoms with E-state index in [2.05, 4.69) is 38.4 Å². The van der Waals surface area contributed by atoms with Crippen molar-refractivity contribution in [2.45, 2.75) is 69.9 Å². The van der Waals surface area contributed by atoms with Crippen LogP contribution in [-0.4, -0.2) is 45.7 Å². The van der Waals surface area contributed by atoms with Gasteiger partial charge in [-0.25, -0.2) is 9.18 Å². The molecule has 0 aliphatic heterocycles. The van der Waals surface area contributed by atoms with Crippen molar-refractivity contribution in [2.75, 3.05) is 6.61 Å². The molecule has 34 heavy (non-hydrogen) atoms. The highest BCUT2D eigenvalue weighted by Gasteiger charge is 2.30. The van der Waals surface area contributed by atoms with Crippen LogP contribution < -0.4 is 5.32 Å². The number of ether oxygens (including phenoxy) is 1. The molecule has 2 aliphatic carbocycles. The van der Waals surface area contributed by atoms with E-state index < -0.39 is 23.7 Å². The van der Waals surface area contributed by atoms with Crippen LogP contribution in [0.2, 0.25) is 0 Å². The largest absolute Gasteiger partial charge is 0.480 e. The molecule has 9 heteroatoms. The molecule has 0 saturated heterocycles. The van der Waals surface area contributed by atoms with E-state index in [0.29, 0.717) is 5.92 Å². The van der Waals surface area contributed by atoms with Gasteiger partial charge >= 0.3 is 5.97 Å². The fraction of sp³-hybridized carbons (Fsp3) is 0.520. The summed E-state index contributed by atoms with van der Waals surface area (Å²) in [5.74, 6) is -2.23. The average molecular weight is 534 g/mol. The number of aliphatic carboxylic acids is 1. The molecule has 0 radical (unpaired) electrons. The molecular formula is C25H29BrFN3O4. The fourth-order valence-corrected chi connectivity index (χ4v) is 5.12. The summed E-state index contributed by atoms with van der Waals surface area (Å²) in [4.78, 5) is 32.4. The summed E-state index contributed by atoms with van der Waals surface area (Å²) in [5.41, 5.74) is 3.58. The lowest BCUT2D eigenvalue weighted by molar-refractivity contribution is -0.140. The molecule has 1 amide bonds. The molecule has 7 nitrogen and oxygen atoms in total. The quantitative estimate of drug-likeness (QED) is 0.473. The van der Waals surface area contributed by atoms with Gasteiger partial charge in [0.1, 0.15) is 6.04 Å². The molecule has 1 atom stereocenters. The van der Waals surface area contributed by atoms with E-state index in [1.807, 2.05) is 0 Å². The van der Waals surface area contributed by atoms with Crippen LogP contribution in [0.5, 0.6) is 0 Å². The lowest BCUT2D eigenvalue weighted by atomic mass is 9.79. The average Bonchev–Trinajstić information content (AvgIpc) is 2.78. The Morgan fingerprint density at radius 1 is 1.24 bits per heavy atom. The summed E-state index contributed by atoms with van der Waals surface area (Å²) in [5, 5.41) is 11.8. The number of nitrogens with one attached hydrogen (secondary N) is 1. The van der Waals surface area contributed by atoms with Crippen LogP contribution in [0.1, 0.15) is 65.8 Å². The standard InChI is InChI=1S/C25H29BrFN3O4/c26-19-13-28-14-20(27)23(19)24(31)30-22(25(32)33)9-10-34-18-11-15(12-18)5-7-17-8-6-16-3-1-2-4-21(16)29-17/h6,8,13-15,18,22H,1-5,7,9-12H2,(H,30,31)(H,32,33)/t15?,18?,22-/m0/s1. The lowest BCUT2D eigenvalue weighted by Gasteiger charge is -2.35. The number of pyridine rings is 2. The Bertz CT molecular complexity index is 1020. The predicted molar refractivity (Wildman–Crippen MR) is 127 cm³/mol. The zero-order valence-electron chi connectivity index (χ0n) is 18.9. The van der Waals surface area contributed by atoms with Gasteiger partial charge in [-0.05, 0) is 84.8 Å². The smallest absolute Gasteiger partial charge is 0.326 e. The first kappa shape index (κ1) is 24.7. The van der Waals surface area contributed by atoms with Crippen LogP contribution in [-0.2, 0) is 28.8 Å². The number of carboxylic acids is 1. The van der Waals surface area contributed by atoms with Crippen LogP contribution in [0.25, 0.3) is 0 Å². The monoisotopic (exact) mass is 533 g/mol. The number of nitrogens with zero attached hydrogens (tertiary/aromatic N) is 2. The van der Waals surface area contributed by atoms with Gasteiger partial charge < -0.3 is 15.2 Å². The van der Waals surface area contributed by atoms with E-state index in [0.717, 1.165) is 44.7 Å². The summed E-state index contributed by atoms with van der Waals surface area (Å²) < 4.78 is 19.9. The van der Waals surface area contributed by atoms with Gasteiger partial charge in [0, 0.05) is 30.6 Å². The maximum atomic E-state index is 13.9. The Hall–Kier alpha value is -2.39. The zero-order valence-corrected chi connectivity index (χ0v) is 20.5. The Morgan fingerprint density at radius 3 is 2.79 bits per heavy atom. The van der Waals surface area contributed by atoms with E-state index in [1.165, 1.54) is 36.0 Å². The first-order valence-electron chi connectivity index (χ1n) is 11.8. The number of carboxylic acid groups (broad SMARTS) is 1. The number of halogens is 2. The predicted octanol–water partition coefficient (Wildman–Crippen LogP) is 4.26. The Kier molecular flexibility index (Phi) is 8.26. The van der Waals surface area contributed by atoms with Crippen molar-refractivity contribution in [3.05, 3.63) is 57.3 Å². The van der Waals surface area contributed by atoms with Gasteiger partial charge in [-0.3, -0.25) is 14.8 Å². The third-order valence-corrected chi connectivity index (χ3v) is 7.28. The fourth-order valence-electron chi connectivity index (χ4n) is 4.63. The summed E-state index contributed by atoms with van der Waals surface area (Å²) in [6, 6.07) is 3.23. The van der Waals surface area contributed by atoms with E-state index in [4.69, 9.17) is 9.72 Å². The number of aryl methyl sites for hydroxylation is 3. The number of carbonyl (C=O) groups is 2. The molecule has 1 saturated carbocycles. The van der Waals surface area contributed by atoms with Crippen molar-refractivity contribution in [2.24, 2.45) is 5.92 Å². The maximum absolute atomic E-state index is 13.9. The van der Waals surface area contributed by atoms with Crippen LogP contribution in [0.3, 0.4) is 0 Å². The minimum atomic E-state index is -1.19. The first-order chi connectivity index (χ1) is 16.4. The molecule has 0 spiro atoms. The maximum Gasteiger partial charge on any atom is 0.326 e. The van der Waals surface area contributed by atoms with Crippen molar-refractivity contribution >= 4 is 27.8 Å². The number of amides is 1. The SMILES string of the molecule is O=C(N[C@@H](CCOC1CC(CCc2ccc3c(n2)CCCC3)C1)C(=O)O)c1c(F)cncc1Br. The number of fused-ring (bicyclic) bond motifs is 1. The lowest BCUT2D eigenvalue weighted by Crippen LogP contribution is -2.42. The highest BCUT2D eigenvalue weighted by molar-refractivity contribution is 9.10. The minimum absolute atomic E-state index is 0.103. The number of rotatable bonds is 10. The van der Waals surface area contributed by atoms with Gasteiger partial charge in [-0.2, -0.15) is 0 Å². The van der Waals surface area contributed by atoms with Gasteiger partial charge in [-0.1, -0.05) is 6.07 Å². The second kappa shape index (κ2) is 11.4. The molecule has 0 unspecified atom stereocenters. The first-order valence-corrected chi connectivity index (χ1v) is 12.6. The van der Waals surface area contributed by atoms with Gasteiger partial charge in [-0.15, -0.1) is 0 Å². The van der Waals surface area contributed by atoms with Gasteiger partial charge in [0.05, 0.1) is 22.3 Å². The number of carbonyl (C=O) groups excluding carboxylic acids is 1. The second-order valence-corrected chi connectivity index (χ2v) is 9.97. The molecule has 0 bridgehead atoms. The van der Waals surface area contributed by atoms with Crippen molar-refractivity contribution in [1.82, 2.24) is 15.3 Å². The van der Waals surface area contributed by atoms with Gasteiger partial charge in [0.25, 0.3) is 5.91 Å². The van der Waals surface area contributed by atoms with E-state index in [1.54, 1.807) is 0 Å². The van der Waals surface area contributed by atoms with Crippen LogP contribution >= 0.6 is 15.9 Å². The minimum Gasteiger partial charge on any atom is -0.480 e. The van der Waals surface area contributed by atoms with E-state index in [9.17, 15) is 19.1 Å². The Balaban J connectivity index is 1.17. The second-order valence-electron chi connectivity index (χ2n) is 9.12. The number of hydrogen-bond acceptors (Lipinski definition) is 5. The summed E-state index contributed by atoms with van der Waals surface area (Å²) in [6.07, 6.45) is 11.1. The number of aromatic nitrogens is 2. The van der Waals surface area contributed by atoms with E-state index in [-0.39, 0.29) is 29.2 Å². The van der Waals surface area contributed by atoms with Crippen molar-refractivity contribution in [3.8, 4) is 0 Å². The van der Waals surface area contributed by atoms with Crippen LogP contribution in [0.4, 0.5) is 4.39 Å². The highest BCUT2D eigenvalue weighted by Crippen LogP contribution is 2.34. The highest BCUT2D eigenvalue weighted by atomic mass is 79.9. The van der Waals surface area contributed by atoms with Crippen LogP contribution in [0.15, 0.2) is 29.0 Å². The van der Waals surface area contributed by atoms with Crippen molar-refractivity contribution < 1.29 is 23.8 Å². The Labute approximate surface area is 206 Å². The summed E-state index contributed by atoms with van der Waals surface area (Å²) in [6.45, 7) is 0.209. The molecule has 0 aromatic carbocycles. The normalized spacial score (nSPS) is 20.2. The van der Waals surface area contributed by atoms with E-state index >= 15 is 0 Å². The Morgan fingerprint density at radius 2 is 2.03 bits per heavy atom. The molecule has 182 valence electrons. The molecule has 2 aliphatic rings. The van der Waals surface area contributed by atoms with Crippen LogP contribution in [0, 0.1) is 11.7 Å². The molecule has 2 aromatic heterocycles. The third kappa shape index (κ3) is 6.18. The zero-order chi connectivity index (χ0) is 24.1. The molecule has 2 N–H and O–H groups in total. The molecular weight excluding hydrogens is 505 g/mol. The summed E-state index contributed by atoms with van der Waals surface area (Å²) in [7, 11) is 0. The molecule has 2 heterocycles. The van der Waals surface area contributed by atoms with Crippen molar-refractivity contribution in [1.29, 1.82) is 0 Å². The number of hydrogen-bond donors (Lipinski definition) is 2. The van der Waals surface area contributed by atoms with Gasteiger partial charge in [0.2, 0.25) is 0 Å². The van der Waals surface area contributed by atoms with Crippen molar-refractivity contribution in [3.63, 3.8) is 0 Å². The topological polar surface area (TPSA) is 101 Å². The third-order valence-electron chi connectivity index (χ3n) is 6.68. The summed E-state index contributed by atoms with van der Waals surface area (Å²) >= 11 is 3.07. The molecule has 2 aromatic rings. The molecule has 1 fully saturated rings. The molecule has 4 rings (SSSR count).